The molecule has 2 fully saturated rings. The standard InChI is InChI=1S/C50H62Cl4N4O10S2.C22H29Cl2N3O4S.C10H8N2O8.CH3F.CH4/c1-57-31-44(42-27-37(51)29-48(53)46(42)33-57)35-7-3-10-40(25-35)69(61,62)24-6-17-66-21-22-67-18-14-55-50(60)13-12-39(59)9-5-16-65-20-23-68-19-15-56-70(63,64)41-11-4-8-36(26-41)45-32-58(2)34-47-43(45)28-38(52)30-49(47)54;1-27-14-20(19-12-17(23)13-22(24)21(19)15-27)16-3-2-4-18(11-16)32(28,29)26-6-8-31-10-9-30-7-5-25;13-5-1-2-6(14)11(5)19-9(17)10(18)20-12-7(15)3-4-8(12)16;1-2;/h3-4,7-8,10-11,25-30,44-45,56H,5-6,9,12-24,31-34H2,1-2H3,(H,55,60);2-4,11-13,20,26H,5-10,14-15,25H2,1H3;1-4H2;1H3;1H4/i;;;1D;. The summed E-state index contributed by atoms with van der Waals surface area (Å²) in [5.41, 5.74) is 14.0. The van der Waals surface area contributed by atoms with Crippen LogP contribution in [0.5, 0.6) is 0 Å². The average molecular weight is 1920 g/mol. The van der Waals surface area contributed by atoms with E-state index in [9.17, 15) is 68.0 Å². The van der Waals surface area contributed by atoms with E-state index in [2.05, 4.69) is 39.1 Å². The van der Waals surface area contributed by atoms with E-state index in [0.717, 1.165) is 63.2 Å². The first-order valence-electron chi connectivity index (χ1n) is 40.3. The Bertz CT molecular complexity index is 4840. The molecular weight excluding hydrogens is 1810 g/mol. The molecule has 31 nitrogen and oxygen atoms in total. The number of benzene rings is 6. The maximum atomic E-state index is 13.2. The number of halogens is 7. The summed E-state index contributed by atoms with van der Waals surface area (Å²) < 4.78 is 132. The Hall–Kier alpha value is -7.28. The van der Waals surface area contributed by atoms with Crippen molar-refractivity contribution in [1.82, 2.24) is 39.6 Å². The normalized spacial score (nSPS) is 16.7. The van der Waals surface area contributed by atoms with Crippen molar-refractivity contribution in [3.63, 3.8) is 0 Å². The second-order valence-corrected chi connectivity index (χ2v) is 37.3. The van der Waals surface area contributed by atoms with Crippen LogP contribution < -0.4 is 20.5 Å². The largest absolute Gasteiger partial charge is 0.444 e. The van der Waals surface area contributed by atoms with Gasteiger partial charge in [-0.25, -0.2) is 44.3 Å². The number of ether oxygens (including phenoxy) is 6. The van der Waals surface area contributed by atoms with Gasteiger partial charge in [-0.2, -0.15) is 0 Å². The summed E-state index contributed by atoms with van der Waals surface area (Å²) in [5, 5.41) is 6.53. The maximum Gasteiger partial charge on any atom is 0.444 e. The first-order valence-corrected chi connectivity index (χ1v) is 46.5. The van der Waals surface area contributed by atoms with Crippen molar-refractivity contribution < 1.29 is 107 Å². The zero-order valence-electron chi connectivity index (χ0n) is 69.6. The number of sulfone groups is 1. The number of nitrogens with zero attached hydrogens (tertiary/aromatic N) is 5. The lowest BCUT2D eigenvalue weighted by Gasteiger charge is -2.33. The molecule has 3 atom stereocenters. The number of likely N-dealkylation sites (N-methyl/N-ethyl adjacent to an activating group) is 3. The molecule has 0 radical (unpaired) electrons. The van der Waals surface area contributed by atoms with E-state index >= 15 is 0 Å². The number of hydrogen-bond donors (Lipinski definition) is 4. The van der Waals surface area contributed by atoms with Crippen LogP contribution in [0.1, 0.15) is 134 Å². The summed E-state index contributed by atoms with van der Waals surface area (Å²) in [7, 11) is -5.99. The molecule has 0 spiro atoms. The number of ketones is 1. The lowest BCUT2D eigenvalue weighted by atomic mass is 9.85. The van der Waals surface area contributed by atoms with Crippen molar-refractivity contribution >= 4 is 147 Å². The van der Waals surface area contributed by atoms with Crippen molar-refractivity contribution in [2.75, 3.05) is 159 Å². The molecule has 0 aromatic heterocycles. The van der Waals surface area contributed by atoms with E-state index in [-0.39, 0.29) is 185 Å². The predicted octanol–water partition coefficient (Wildman–Crippen LogP) is 10.2. The molecule has 5 amide bonds. The Balaban J connectivity index is 0.000000316. The fourth-order valence-electron chi connectivity index (χ4n) is 14.0. The predicted molar refractivity (Wildman–Crippen MR) is 469 cm³/mol. The van der Waals surface area contributed by atoms with E-state index in [1.165, 1.54) is 0 Å². The van der Waals surface area contributed by atoms with Crippen LogP contribution in [0.2, 0.25) is 30.1 Å². The van der Waals surface area contributed by atoms with Gasteiger partial charge in [0.1, 0.15) is 5.78 Å². The number of carbonyl (C=O) groups excluding carboxylic acids is 8. The molecule has 2 saturated heterocycles. The summed E-state index contributed by atoms with van der Waals surface area (Å²) in [6.45, 7) is 8.88. The minimum absolute atomic E-state index is 0. The van der Waals surface area contributed by atoms with Gasteiger partial charge in [-0.15, -0.1) is 10.1 Å². The Labute approximate surface area is 760 Å². The number of Topliss-reactive ketones (excluding diaryl/α,β-unsaturated/α-hetero) is 1. The van der Waals surface area contributed by atoms with E-state index in [4.69, 9.17) is 105 Å². The molecule has 11 rings (SSSR count). The number of nitrogens with one attached hydrogen (secondary N) is 3. The molecule has 5 aliphatic heterocycles. The molecule has 5 N–H and O–H groups in total. The van der Waals surface area contributed by atoms with E-state index in [0.29, 0.717) is 102 Å². The van der Waals surface area contributed by atoms with Gasteiger partial charge in [0, 0.05) is 171 Å². The van der Waals surface area contributed by atoms with Crippen molar-refractivity contribution in [3.8, 4) is 0 Å². The number of nitrogens with two attached hydrogens (primary N) is 1. The van der Waals surface area contributed by atoms with Gasteiger partial charge >= 0.3 is 11.9 Å². The van der Waals surface area contributed by atoms with Gasteiger partial charge in [0.05, 0.1) is 95.0 Å². The zero-order valence-corrected chi connectivity index (χ0v) is 75.6. The van der Waals surface area contributed by atoms with Crippen LogP contribution in [0.3, 0.4) is 0 Å². The Kier molecular flexibility index (Phi) is 42.7. The van der Waals surface area contributed by atoms with Crippen molar-refractivity contribution in [1.29, 1.82) is 0 Å². The second kappa shape index (κ2) is 51.8. The molecule has 686 valence electrons. The highest BCUT2D eigenvalue weighted by atomic mass is 35.5. The number of hydrogen-bond acceptors (Lipinski definition) is 26. The third-order valence-electron chi connectivity index (χ3n) is 19.9. The molecule has 5 aliphatic rings. The summed E-state index contributed by atoms with van der Waals surface area (Å²) in [5.74, 6) is -7.00. The molecule has 6 aromatic rings. The molecule has 41 heteroatoms. The van der Waals surface area contributed by atoms with Crippen LogP contribution in [-0.4, -0.2) is 256 Å². The smallest absolute Gasteiger partial charge is 0.379 e. The highest BCUT2D eigenvalue weighted by molar-refractivity contribution is 7.91. The number of amides is 5. The lowest BCUT2D eigenvalue weighted by Crippen LogP contribution is -2.39. The second-order valence-electron chi connectivity index (χ2n) is 29.2. The van der Waals surface area contributed by atoms with E-state index in [1.807, 2.05) is 57.5 Å². The summed E-state index contributed by atoms with van der Waals surface area (Å²) in [6, 6.07) is 31.9. The monoisotopic (exact) mass is 1920 g/mol. The van der Waals surface area contributed by atoms with Gasteiger partial charge in [0.15, 0.2) is 9.84 Å². The molecule has 6 aromatic carbocycles. The van der Waals surface area contributed by atoms with Gasteiger partial charge in [0.2, 0.25) is 26.0 Å². The van der Waals surface area contributed by atoms with Crippen LogP contribution in [-0.2, 0) is 126 Å². The topological polar surface area (TPSA) is 391 Å². The van der Waals surface area contributed by atoms with Crippen LogP contribution in [0.25, 0.3) is 0 Å². The molecule has 5 heterocycles. The van der Waals surface area contributed by atoms with Gasteiger partial charge in [0.25, 0.3) is 23.6 Å². The quantitative estimate of drug-likeness (QED) is 0.0157. The number of fused-ring (bicyclic) bond motifs is 3. The molecule has 0 saturated carbocycles. The van der Waals surface area contributed by atoms with E-state index in [1.54, 1.807) is 72.8 Å². The number of rotatable bonds is 41. The molecular formula is C84H106Cl6FN9O22S3. The van der Waals surface area contributed by atoms with Gasteiger partial charge in [-0.3, -0.25) is 33.2 Å². The van der Waals surface area contributed by atoms with Crippen molar-refractivity contribution in [2.45, 2.75) is 117 Å². The number of alkyl halides is 1. The van der Waals surface area contributed by atoms with Crippen molar-refractivity contribution in [2.24, 2.45) is 5.73 Å². The van der Waals surface area contributed by atoms with Crippen LogP contribution in [0.4, 0.5) is 4.39 Å². The zero-order chi connectivity index (χ0) is 91.0. The molecule has 0 bridgehead atoms. The summed E-state index contributed by atoms with van der Waals surface area (Å²) in [6.07, 6.45) is 0.766. The summed E-state index contributed by atoms with van der Waals surface area (Å²) >= 11 is 38.4. The molecule has 3 unspecified atom stereocenters. The van der Waals surface area contributed by atoms with Crippen LogP contribution in [0.15, 0.2) is 124 Å². The fourth-order valence-corrected chi connectivity index (χ4v) is 19.1. The minimum atomic E-state index is -3.79. The Morgan fingerprint density at radius 2 is 0.792 bits per heavy atom. The van der Waals surface area contributed by atoms with Crippen LogP contribution >= 0.6 is 69.6 Å². The highest BCUT2D eigenvalue weighted by Gasteiger charge is 2.40. The third kappa shape index (κ3) is 32.1. The van der Waals surface area contributed by atoms with Crippen LogP contribution in [0, 0.1) is 0 Å². The molecule has 125 heavy (non-hydrogen) atoms. The van der Waals surface area contributed by atoms with Gasteiger partial charge in [-0.05, 0) is 157 Å². The first-order chi connectivity index (χ1) is 59.6. The number of imide groups is 2. The Morgan fingerprint density at radius 3 is 1.17 bits per heavy atom. The molecule has 0 aliphatic carbocycles. The lowest BCUT2D eigenvalue weighted by molar-refractivity contribution is -0.215. The average Bonchev–Trinajstić information content (AvgIpc) is 0.806. The van der Waals surface area contributed by atoms with Gasteiger partial charge in [-0.1, -0.05) is 113 Å². The minimum Gasteiger partial charge on any atom is -0.379 e. The summed E-state index contributed by atoms with van der Waals surface area (Å²) in [4.78, 5) is 107. The fraction of sp³-hybridized carbons (Fsp3) is 0.476. The Morgan fingerprint density at radius 1 is 0.456 bits per heavy atom. The first kappa shape index (κ1) is 103. The number of sulfonamides is 2. The van der Waals surface area contributed by atoms with E-state index < -0.39 is 72.6 Å². The third-order valence-corrected chi connectivity index (χ3v) is 26.2. The van der Waals surface area contributed by atoms with Crippen molar-refractivity contribution in [3.05, 3.63) is 189 Å². The van der Waals surface area contributed by atoms with Gasteiger partial charge < -0.3 is 63.8 Å². The SMILES string of the molecule is C.CN1Cc2c(Cl)cc(Cl)cc2C(c2cccc(S(=O)(=O)CCCOCCOCCNC(=O)CCC(=O)CCCOCCOCCNS(=O)(=O)c3cccc(C4CN(C)Cc5c(Cl)cc(Cl)cc54)c3)c2)C1.CN1Cc2c(Cl)cc(Cl)cc2C(c2cccc(S(=O)(=O)NCCOCCOCCN)c2)C1.O=C(ON1C(=O)CCC1=O)C(=O)ON1C(=O)CCC1=O.[2H]CF. The number of carbonyl (C=O) groups is 8. The maximum absolute atomic E-state index is 13.2. The number of hydroxylamine groups is 4. The highest BCUT2D eigenvalue weighted by Crippen LogP contribution is 2.43.